The number of methoxy groups -OCH3 is 1. The predicted molar refractivity (Wildman–Crippen MR) is 48.6 cm³/mol. The summed E-state index contributed by atoms with van der Waals surface area (Å²) in [6, 6.07) is 0. The van der Waals surface area contributed by atoms with Crippen molar-refractivity contribution >= 4 is 5.97 Å². The Hall–Kier alpha value is -0.970. The van der Waals surface area contributed by atoms with Crippen LogP contribution < -0.4 is 0 Å². The van der Waals surface area contributed by atoms with Crippen molar-refractivity contribution in [1.29, 1.82) is 0 Å². The highest BCUT2D eigenvalue weighted by Crippen LogP contribution is 2.05. The normalized spacial score (nSPS) is 9.00. The van der Waals surface area contributed by atoms with Gasteiger partial charge in [0.15, 0.2) is 0 Å². The Morgan fingerprint density at radius 3 is 2.58 bits per heavy atom. The van der Waals surface area contributed by atoms with Gasteiger partial charge in [0.05, 0.1) is 7.11 Å². The van der Waals surface area contributed by atoms with Crippen LogP contribution in [0.15, 0.2) is 0 Å². The smallest absolute Gasteiger partial charge is 0.305 e. The van der Waals surface area contributed by atoms with Crippen molar-refractivity contribution in [1.82, 2.24) is 0 Å². The first-order valence-corrected chi connectivity index (χ1v) is 4.31. The average Bonchev–Trinajstić information content (AvgIpc) is 2.10. The highest BCUT2D eigenvalue weighted by molar-refractivity contribution is 5.68. The molecule has 2 heteroatoms. The van der Waals surface area contributed by atoms with Crippen molar-refractivity contribution in [3.8, 4) is 12.3 Å². The van der Waals surface area contributed by atoms with Crippen LogP contribution in [0.5, 0.6) is 0 Å². The molecule has 0 aliphatic heterocycles. The fourth-order valence-corrected chi connectivity index (χ4v) is 0.952. The second-order valence-electron chi connectivity index (χ2n) is 2.69. The summed E-state index contributed by atoms with van der Waals surface area (Å²) < 4.78 is 4.51. The van der Waals surface area contributed by atoms with E-state index in [1.54, 1.807) is 0 Å². The van der Waals surface area contributed by atoms with E-state index in [9.17, 15) is 4.79 Å². The Morgan fingerprint density at radius 2 is 2.00 bits per heavy atom. The number of rotatable bonds is 6. The lowest BCUT2D eigenvalue weighted by molar-refractivity contribution is -0.140. The Balaban J connectivity index is 3.01. The third-order valence-electron chi connectivity index (χ3n) is 1.68. The van der Waals surface area contributed by atoms with E-state index in [0.29, 0.717) is 6.42 Å². The average molecular weight is 168 g/mol. The third kappa shape index (κ3) is 7.14. The van der Waals surface area contributed by atoms with Gasteiger partial charge in [-0.3, -0.25) is 4.79 Å². The van der Waals surface area contributed by atoms with Crippen molar-refractivity contribution in [2.45, 2.75) is 38.5 Å². The van der Waals surface area contributed by atoms with Gasteiger partial charge in [-0.25, -0.2) is 0 Å². The molecule has 0 aliphatic rings. The standard InChI is InChI=1S/C10H16O2/c1-3-4-5-6-7-8-9-10(11)12-2/h1H,4-9H2,2H3. The zero-order chi connectivity index (χ0) is 9.23. The summed E-state index contributed by atoms with van der Waals surface area (Å²) in [5.74, 6) is 2.47. The fourth-order valence-electron chi connectivity index (χ4n) is 0.952. The van der Waals surface area contributed by atoms with E-state index in [-0.39, 0.29) is 5.97 Å². The van der Waals surface area contributed by atoms with E-state index >= 15 is 0 Å². The summed E-state index contributed by atoms with van der Waals surface area (Å²) in [6.45, 7) is 0. The Bertz CT molecular complexity index is 156. The Kier molecular flexibility index (Phi) is 7.47. The molecule has 0 unspecified atom stereocenters. The first-order valence-electron chi connectivity index (χ1n) is 4.31. The number of unbranched alkanes of at least 4 members (excludes halogenated alkanes) is 4. The molecular weight excluding hydrogens is 152 g/mol. The summed E-state index contributed by atoms with van der Waals surface area (Å²) >= 11 is 0. The minimum Gasteiger partial charge on any atom is -0.469 e. The summed E-state index contributed by atoms with van der Waals surface area (Å²) in [5, 5.41) is 0. The maximum absolute atomic E-state index is 10.6. The van der Waals surface area contributed by atoms with Crippen molar-refractivity contribution in [2.75, 3.05) is 7.11 Å². The van der Waals surface area contributed by atoms with E-state index in [1.165, 1.54) is 7.11 Å². The first-order chi connectivity index (χ1) is 5.81. The SMILES string of the molecule is C#CCCCCCCC(=O)OC. The van der Waals surface area contributed by atoms with Crippen LogP contribution in [0, 0.1) is 12.3 Å². The number of hydrogen-bond donors (Lipinski definition) is 0. The van der Waals surface area contributed by atoms with Gasteiger partial charge in [-0.2, -0.15) is 0 Å². The van der Waals surface area contributed by atoms with Gasteiger partial charge in [0.2, 0.25) is 0 Å². The first kappa shape index (κ1) is 11.0. The van der Waals surface area contributed by atoms with Gasteiger partial charge in [0.1, 0.15) is 0 Å². The topological polar surface area (TPSA) is 26.3 Å². The van der Waals surface area contributed by atoms with Crippen molar-refractivity contribution in [3.63, 3.8) is 0 Å². The predicted octanol–water partition coefficient (Wildman–Crippen LogP) is 2.13. The molecule has 12 heavy (non-hydrogen) atoms. The van der Waals surface area contributed by atoms with E-state index in [4.69, 9.17) is 6.42 Å². The van der Waals surface area contributed by atoms with Crippen molar-refractivity contribution in [2.24, 2.45) is 0 Å². The molecule has 0 N–H and O–H groups in total. The van der Waals surface area contributed by atoms with E-state index < -0.39 is 0 Å². The zero-order valence-corrected chi connectivity index (χ0v) is 7.64. The molecular formula is C10H16O2. The molecule has 0 aromatic rings. The Labute approximate surface area is 74.3 Å². The molecule has 0 amide bonds. The van der Waals surface area contributed by atoms with Gasteiger partial charge < -0.3 is 4.74 Å². The lowest BCUT2D eigenvalue weighted by atomic mass is 10.1. The second kappa shape index (κ2) is 8.13. The van der Waals surface area contributed by atoms with Gasteiger partial charge in [-0.05, 0) is 12.8 Å². The maximum Gasteiger partial charge on any atom is 0.305 e. The van der Waals surface area contributed by atoms with Crippen LogP contribution in [0.25, 0.3) is 0 Å². The fraction of sp³-hybridized carbons (Fsp3) is 0.700. The molecule has 0 saturated heterocycles. The summed E-state index contributed by atoms with van der Waals surface area (Å²) in [4.78, 5) is 10.6. The molecule has 0 heterocycles. The van der Waals surface area contributed by atoms with Gasteiger partial charge in [0, 0.05) is 12.8 Å². The van der Waals surface area contributed by atoms with Crippen molar-refractivity contribution in [3.05, 3.63) is 0 Å². The van der Waals surface area contributed by atoms with Crippen LogP contribution in [0.1, 0.15) is 38.5 Å². The van der Waals surface area contributed by atoms with Crippen molar-refractivity contribution < 1.29 is 9.53 Å². The van der Waals surface area contributed by atoms with Crippen LogP contribution in [-0.2, 0) is 9.53 Å². The van der Waals surface area contributed by atoms with E-state index in [0.717, 1.165) is 32.1 Å². The van der Waals surface area contributed by atoms with Crippen LogP contribution in [-0.4, -0.2) is 13.1 Å². The van der Waals surface area contributed by atoms with Gasteiger partial charge in [-0.15, -0.1) is 12.3 Å². The molecule has 0 rings (SSSR count). The maximum atomic E-state index is 10.6. The minimum atomic E-state index is -0.119. The monoisotopic (exact) mass is 168 g/mol. The molecule has 0 atom stereocenters. The quantitative estimate of drug-likeness (QED) is 0.345. The van der Waals surface area contributed by atoms with Crippen LogP contribution in [0.4, 0.5) is 0 Å². The number of hydrogen-bond acceptors (Lipinski definition) is 2. The molecule has 0 bridgehead atoms. The van der Waals surface area contributed by atoms with Crippen LogP contribution in [0.3, 0.4) is 0 Å². The number of terminal acetylenes is 1. The van der Waals surface area contributed by atoms with Gasteiger partial charge in [-0.1, -0.05) is 12.8 Å². The molecule has 2 nitrogen and oxygen atoms in total. The molecule has 68 valence electrons. The summed E-state index contributed by atoms with van der Waals surface area (Å²) in [6.07, 6.45) is 10.6. The number of esters is 1. The van der Waals surface area contributed by atoms with E-state index in [2.05, 4.69) is 10.7 Å². The van der Waals surface area contributed by atoms with Gasteiger partial charge in [0.25, 0.3) is 0 Å². The zero-order valence-electron chi connectivity index (χ0n) is 7.64. The van der Waals surface area contributed by atoms with Gasteiger partial charge >= 0.3 is 5.97 Å². The minimum absolute atomic E-state index is 0.119. The molecule has 0 saturated carbocycles. The summed E-state index contributed by atoms with van der Waals surface area (Å²) in [5.41, 5.74) is 0. The van der Waals surface area contributed by atoms with E-state index in [1.807, 2.05) is 0 Å². The van der Waals surface area contributed by atoms with Crippen LogP contribution in [0.2, 0.25) is 0 Å². The molecule has 0 aromatic heterocycles. The third-order valence-corrected chi connectivity index (χ3v) is 1.68. The molecule has 0 aromatic carbocycles. The van der Waals surface area contributed by atoms with Crippen LogP contribution >= 0.6 is 0 Å². The lowest BCUT2D eigenvalue weighted by Crippen LogP contribution is -1.98. The number of carbonyl (C=O) groups is 1. The lowest BCUT2D eigenvalue weighted by Gasteiger charge is -1.98. The highest BCUT2D eigenvalue weighted by atomic mass is 16.5. The molecule has 0 radical (unpaired) electrons. The molecule has 0 fully saturated rings. The summed E-state index contributed by atoms with van der Waals surface area (Å²) in [7, 11) is 1.42. The largest absolute Gasteiger partial charge is 0.469 e. The molecule has 0 aliphatic carbocycles. The highest BCUT2D eigenvalue weighted by Gasteiger charge is 1.98. The second-order valence-corrected chi connectivity index (χ2v) is 2.69. The Morgan fingerprint density at radius 1 is 1.33 bits per heavy atom. The number of carbonyl (C=O) groups excluding carboxylic acids is 1. The molecule has 0 spiro atoms. The number of ether oxygens (including phenoxy) is 1.